The maximum Gasteiger partial charge on any atom is 0.346 e. The number of hydrogen-bond acceptors (Lipinski definition) is 5. The number of nitrogens with zero attached hydrogens (tertiary/aromatic N) is 4. The maximum absolute atomic E-state index is 12.1. The van der Waals surface area contributed by atoms with Crippen LogP contribution in [-0.2, 0) is 9.84 Å². The van der Waals surface area contributed by atoms with Crippen molar-refractivity contribution < 1.29 is 13.2 Å². The largest absolute Gasteiger partial charge is 0.346 e. The number of hydrogen-bond donors (Lipinski definition) is 0. The van der Waals surface area contributed by atoms with Crippen LogP contribution < -0.4 is 0 Å². The lowest BCUT2D eigenvalue weighted by Gasteiger charge is -2.17. The van der Waals surface area contributed by atoms with Gasteiger partial charge in [0.25, 0.3) is 5.16 Å². The third kappa shape index (κ3) is 3.77. The molecule has 7 nitrogen and oxygen atoms in total. The molecule has 8 heteroatoms. The van der Waals surface area contributed by atoms with E-state index in [2.05, 4.69) is 23.2 Å². The minimum Gasteiger partial charge on any atom is -0.315 e. The van der Waals surface area contributed by atoms with Gasteiger partial charge in [-0.1, -0.05) is 19.1 Å². The standard InChI is InChI=1S/C12H18N4O3S/c1-4-7-15(8-5-2)12(17)16-10-13-11(14-16)20(18,19)9-6-3/h4-5,10H,1-2,6-9H2,3H3. The smallest absolute Gasteiger partial charge is 0.315 e. The summed E-state index contributed by atoms with van der Waals surface area (Å²) >= 11 is 0. The molecule has 1 aromatic rings. The van der Waals surface area contributed by atoms with E-state index in [-0.39, 0.29) is 10.9 Å². The highest BCUT2D eigenvalue weighted by Crippen LogP contribution is 2.06. The number of aromatic nitrogens is 3. The van der Waals surface area contributed by atoms with E-state index in [0.717, 1.165) is 11.0 Å². The lowest BCUT2D eigenvalue weighted by molar-refractivity contribution is 0.206. The first-order valence-electron chi connectivity index (χ1n) is 6.11. The predicted octanol–water partition coefficient (Wildman–Crippen LogP) is 1.10. The van der Waals surface area contributed by atoms with E-state index >= 15 is 0 Å². The molecule has 0 fully saturated rings. The van der Waals surface area contributed by atoms with Crippen LogP contribution in [0.5, 0.6) is 0 Å². The zero-order valence-corrected chi connectivity index (χ0v) is 12.2. The van der Waals surface area contributed by atoms with Gasteiger partial charge in [0, 0.05) is 13.1 Å². The van der Waals surface area contributed by atoms with Gasteiger partial charge in [-0.05, 0) is 6.42 Å². The quantitative estimate of drug-likeness (QED) is 0.704. The van der Waals surface area contributed by atoms with Crippen molar-refractivity contribution in [2.24, 2.45) is 0 Å². The van der Waals surface area contributed by atoms with E-state index in [1.54, 1.807) is 19.1 Å². The molecule has 0 spiro atoms. The van der Waals surface area contributed by atoms with Gasteiger partial charge in [-0.25, -0.2) is 18.2 Å². The maximum atomic E-state index is 12.1. The van der Waals surface area contributed by atoms with Crippen molar-refractivity contribution in [1.29, 1.82) is 0 Å². The zero-order chi connectivity index (χ0) is 15.2. The second-order valence-corrected chi connectivity index (χ2v) is 6.06. The molecule has 0 aromatic carbocycles. The van der Waals surface area contributed by atoms with Crippen molar-refractivity contribution >= 4 is 15.9 Å². The summed E-state index contributed by atoms with van der Waals surface area (Å²) in [6.07, 6.45) is 4.69. The number of amides is 1. The average Bonchev–Trinajstić information content (AvgIpc) is 2.88. The molecule has 0 aliphatic heterocycles. The molecule has 1 aromatic heterocycles. The van der Waals surface area contributed by atoms with Gasteiger partial charge >= 0.3 is 6.03 Å². The Balaban J connectivity index is 2.98. The van der Waals surface area contributed by atoms with Crippen LogP contribution in [0.15, 0.2) is 36.8 Å². The Kier molecular flexibility index (Phi) is 5.63. The summed E-state index contributed by atoms with van der Waals surface area (Å²) in [5.74, 6) is -0.0474. The summed E-state index contributed by atoms with van der Waals surface area (Å²) < 4.78 is 24.5. The first-order valence-corrected chi connectivity index (χ1v) is 7.77. The molecule has 0 unspecified atom stereocenters. The van der Waals surface area contributed by atoms with Crippen molar-refractivity contribution in [1.82, 2.24) is 19.7 Å². The first kappa shape index (κ1) is 16.1. The fraction of sp³-hybridized carbons (Fsp3) is 0.417. The van der Waals surface area contributed by atoms with Gasteiger partial charge in [0.2, 0.25) is 9.84 Å². The lowest BCUT2D eigenvalue weighted by atomic mass is 10.5. The molecule has 1 rings (SSSR count). The first-order chi connectivity index (χ1) is 9.46. The van der Waals surface area contributed by atoms with Gasteiger partial charge in [-0.3, -0.25) is 0 Å². The van der Waals surface area contributed by atoms with Gasteiger partial charge < -0.3 is 4.90 Å². The molecule has 0 aliphatic carbocycles. The van der Waals surface area contributed by atoms with E-state index < -0.39 is 15.9 Å². The Morgan fingerprint density at radius 3 is 2.50 bits per heavy atom. The summed E-state index contributed by atoms with van der Waals surface area (Å²) in [7, 11) is -3.53. The normalized spacial score (nSPS) is 11.1. The molecule has 1 amide bonds. The minimum atomic E-state index is -3.53. The van der Waals surface area contributed by atoms with E-state index in [0.29, 0.717) is 19.5 Å². The SMILES string of the molecule is C=CCN(CC=C)C(=O)n1cnc(S(=O)(=O)CCC)n1. The summed E-state index contributed by atoms with van der Waals surface area (Å²) in [6.45, 7) is 9.48. The van der Waals surface area contributed by atoms with Crippen LogP contribution in [0.1, 0.15) is 13.3 Å². The van der Waals surface area contributed by atoms with Gasteiger partial charge in [0.05, 0.1) is 5.75 Å². The van der Waals surface area contributed by atoms with E-state index in [1.807, 2.05) is 0 Å². The summed E-state index contributed by atoms with van der Waals surface area (Å²) in [4.78, 5) is 17.2. The molecule has 20 heavy (non-hydrogen) atoms. The molecule has 0 saturated heterocycles. The van der Waals surface area contributed by atoms with Crippen LogP contribution in [0.3, 0.4) is 0 Å². The Labute approximate surface area is 118 Å². The summed E-state index contributed by atoms with van der Waals surface area (Å²) in [5, 5.41) is 3.41. The van der Waals surface area contributed by atoms with Crippen LogP contribution in [-0.4, -0.2) is 53.0 Å². The van der Waals surface area contributed by atoms with E-state index in [9.17, 15) is 13.2 Å². The molecule has 1 heterocycles. The highest BCUT2D eigenvalue weighted by molar-refractivity contribution is 7.91. The third-order valence-corrected chi connectivity index (χ3v) is 4.08. The molecular weight excluding hydrogens is 280 g/mol. The lowest BCUT2D eigenvalue weighted by Crippen LogP contribution is -2.35. The number of carbonyl (C=O) groups is 1. The Morgan fingerprint density at radius 1 is 1.40 bits per heavy atom. The Bertz CT molecular complexity index is 582. The van der Waals surface area contributed by atoms with Crippen LogP contribution >= 0.6 is 0 Å². The molecule has 0 bridgehead atoms. The number of sulfone groups is 1. The van der Waals surface area contributed by atoms with Crippen molar-refractivity contribution in [3.8, 4) is 0 Å². The monoisotopic (exact) mass is 298 g/mol. The van der Waals surface area contributed by atoms with Crippen molar-refractivity contribution in [2.75, 3.05) is 18.8 Å². The zero-order valence-electron chi connectivity index (χ0n) is 11.4. The molecule has 0 N–H and O–H groups in total. The topological polar surface area (TPSA) is 85.2 Å². The second-order valence-electron chi connectivity index (χ2n) is 4.06. The molecular formula is C12H18N4O3S. The molecule has 0 aliphatic rings. The number of rotatable bonds is 7. The molecule has 0 saturated carbocycles. The molecule has 0 atom stereocenters. The van der Waals surface area contributed by atoms with Crippen LogP contribution in [0, 0.1) is 0 Å². The van der Waals surface area contributed by atoms with Gasteiger partial charge in [-0.2, -0.15) is 4.68 Å². The molecule has 0 radical (unpaired) electrons. The van der Waals surface area contributed by atoms with Crippen molar-refractivity contribution in [3.63, 3.8) is 0 Å². The third-order valence-electron chi connectivity index (χ3n) is 2.39. The number of carbonyl (C=O) groups excluding carboxylic acids is 1. The highest BCUT2D eigenvalue weighted by atomic mass is 32.2. The van der Waals surface area contributed by atoms with Crippen LogP contribution in [0.25, 0.3) is 0 Å². The van der Waals surface area contributed by atoms with Gasteiger partial charge in [0.15, 0.2) is 0 Å². The van der Waals surface area contributed by atoms with Crippen molar-refractivity contribution in [2.45, 2.75) is 18.5 Å². The fourth-order valence-electron chi connectivity index (χ4n) is 1.53. The van der Waals surface area contributed by atoms with Gasteiger partial charge in [-0.15, -0.1) is 18.3 Å². The second kappa shape index (κ2) is 6.99. The van der Waals surface area contributed by atoms with E-state index in [1.165, 1.54) is 4.90 Å². The fourth-order valence-corrected chi connectivity index (χ4v) is 2.67. The highest BCUT2D eigenvalue weighted by Gasteiger charge is 2.22. The van der Waals surface area contributed by atoms with Crippen LogP contribution in [0.2, 0.25) is 0 Å². The van der Waals surface area contributed by atoms with Gasteiger partial charge in [0.1, 0.15) is 6.33 Å². The van der Waals surface area contributed by atoms with Crippen molar-refractivity contribution in [3.05, 3.63) is 31.6 Å². The van der Waals surface area contributed by atoms with E-state index in [4.69, 9.17) is 0 Å². The van der Waals surface area contributed by atoms with Crippen LogP contribution in [0.4, 0.5) is 4.79 Å². The summed E-state index contributed by atoms with van der Waals surface area (Å²) in [6, 6.07) is -0.477. The average molecular weight is 298 g/mol. The Morgan fingerprint density at radius 2 is 2.00 bits per heavy atom. The molecule has 110 valence electrons. The summed E-state index contributed by atoms with van der Waals surface area (Å²) in [5.41, 5.74) is 0. The minimum absolute atomic E-state index is 0.0474. The predicted molar refractivity (Wildman–Crippen MR) is 75.1 cm³/mol. The Hall–Kier alpha value is -1.96.